The van der Waals surface area contributed by atoms with E-state index in [-0.39, 0.29) is 11.8 Å². The first kappa shape index (κ1) is 19.8. The van der Waals surface area contributed by atoms with E-state index in [2.05, 4.69) is 25.8 Å². The maximum Gasteiger partial charge on any atom is 0.274 e. The number of amides is 2. The lowest BCUT2D eigenvalue weighted by molar-refractivity contribution is -0.114. The highest BCUT2D eigenvalue weighted by Gasteiger charge is 2.11. The Labute approximate surface area is 164 Å². The van der Waals surface area contributed by atoms with E-state index in [0.29, 0.717) is 17.1 Å². The standard InChI is InChI=1S/C20H25N5O3/c1-15(26)23-16-2-4-17(5-3-16)24-20(27)19-14-18(6-7-22-19)21-8-9-25-10-12-28-13-11-25/h2-7,14H,8-13H2,1H3,(H,21,22)(H,23,26)(H,24,27). The summed E-state index contributed by atoms with van der Waals surface area (Å²) in [4.78, 5) is 30.0. The molecular formula is C20H25N5O3. The van der Waals surface area contributed by atoms with Crippen LogP contribution in [0.4, 0.5) is 17.1 Å². The molecule has 0 atom stereocenters. The Balaban J connectivity index is 1.52. The van der Waals surface area contributed by atoms with Gasteiger partial charge in [-0.25, -0.2) is 0 Å². The van der Waals surface area contributed by atoms with E-state index in [0.717, 1.165) is 45.1 Å². The molecule has 0 saturated carbocycles. The third-order valence-electron chi connectivity index (χ3n) is 4.32. The van der Waals surface area contributed by atoms with Crippen molar-refractivity contribution < 1.29 is 14.3 Å². The first-order valence-corrected chi connectivity index (χ1v) is 9.29. The van der Waals surface area contributed by atoms with Crippen molar-refractivity contribution >= 4 is 28.9 Å². The van der Waals surface area contributed by atoms with Crippen molar-refractivity contribution in [2.45, 2.75) is 6.92 Å². The largest absolute Gasteiger partial charge is 0.384 e. The van der Waals surface area contributed by atoms with Crippen molar-refractivity contribution in [2.24, 2.45) is 0 Å². The number of carbonyl (C=O) groups excluding carboxylic acids is 2. The molecule has 1 saturated heterocycles. The second kappa shape index (κ2) is 9.82. The van der Waals surface area contributed by atoms with Gasteiger partial charge in [0.2, 0.25) is 5.91 Å². The van der Waals surface area contributed by atoms with Crippen LogP contribution in [0.15, 0.2) is 42.6 Å². The van der Waals surface area contributed by atoms with Crippen LogP contribution in [0.2, 0.25) is 0 Å². The van der Waals surface area contributed by atoms with Gasteiger partial charge in [0.05, 0.1) is 13.2 Å². The fraction of sp³-hybridized carbons (Fsp3) is 0.350. The van der Waals surface area contributed by atoms with Gasteiger partial charge in [0.25, 0.3) is 5.91 Å². The summed E-state index contributed by atoms with van der Waals surface area (Å²) < 4.78 is 5.35. The summed E-state index contributed by atoms with van der Waals surface area (Å²) in [6.45, 7) is 6.63. The highest BCUT2D eigenvalue weighted by atomic mass is 16.5. The van der Waals surface area contributed by atoms with Crippen molar-refractivity contribution in [2.75, 3.05) is 55.3 Å². The van der Waals surface area contributed by atoms with Gasteiger partial charge in [0, 0.05) is 56.4 Å². The monoisotopic (exact) mass is 383 g/mol. The number of hydrogen-bond donors (Lipinski definition) is 3. The van der Waals surface area contributed by atoms with Crippen molar-refractivity contribution in [1.82, 2.24) is 9.88 Å². The van der Waals surface area contributed by atoms with Gasteiger partial charge in [0.1, 0.15) is 5.69 Å². The van der Waals surface area contributed by atoms with Gasteiger partial charge >= 0.3 is 0 Å². The van der Waals surface area contributed by atoms with E-state index in [1.165, 1.54) is 6.92 Å². The molecule has 0 radical (unpaired) electrons. The molecule has 1 aromatic carbocycles. The predicted octanol–water partition coefficient (Wildman–Crippen LogP) is 2.04. The SMILES string of the molecule is CC(=O)Nc1ccc(NC(=O)c2cc(NCCN3CCOCC3)ccn2)cc1. The molecule has 28 heavy (non-hydrogen) atoms. The van der Waals surface area contributed by atoms with E-state index in [4.69, 9.17) is 4.74 Å². The van der Waals surface area contributed by atoms with Gasteiger partial charge in [-0.1, -0.05) is 0 Å². The van der Waals surface area contributed by atoms with Crippen molar-refractivity contribution in [3.05, 3.63) is 48.3 Å². The Morgan fingerprint density at radius 3 is 2.39 bits per heavy atom. The third kappa shape index (κ3) is 6.04. The van der Waals surface area contributed by atoms with Gasteiger partial charge in [-0.2, -0.15) is 0 Å². The first-order chi connectivity index (χ1) is 13.6. The highest BCUT2D eigenvalue weighted by Crippen LogP contribution is 2.15. The number of pyridine rings is 1. The molecule has 1 aromatic heterocycles. The van der Waals surface area contributed by atoms with Crippen LogP contribution in [0, 0.1) is 0 Å². The second-order valence-corrected chi connectivity index (χ2v) is 6.52. The van der Waals surface area contributed by atoms with Crippen molar-refractivity contribution in [1.29, 1.82) is 0 Å². The molecule has 3 N–H and O–H groups in total. The van der Waals surface area contributed by atoms with Crippen LogP contribution in [0.25, 0.3) is 0 Å². The zero-order valence-electron chi connectivity index (χ0n) is 15.9. The number of ether oxygens (including phenoxy) is 1. The molecule has 0 unspecified atom stereocenters. The van der Waals surface area contributed by atoms with E-state index < -0.39 is 0 Å². The molecule has 2 amide bonds. The predicted molar refractivity (Wildman–Crippen MR) is 109 cm³/mol. The van der Waals surface area contributed by atoms with Crippen LogP contribution in [0.1, 0.15) is 17.4 Å². The first-order valence-electron chi connectivity index (χ1n) is 9.29. The summed E-state index contributed by atoms with van der Waals surface area (Å²) in [7, 11) is 0. The molecule has 0 aliphatic carbocycles. The minimum absolute atomic E-state index is 0.140. The molecule has 0 bridgehead atoms. The van der Waals surface area contributed by atoms with Crippen LogP contribution < -0.4 is 16.0 Å². The van der Waals surface area contributed by atoms with Gasteiger partial charge < -0.3 is 20.7 Å². The van der Waals surface area contributed by atoms with Gasteiger partial charge in [-0.3, -0.25) is 19.5 Å². The van der Waals surface area contributed by atoms with E-state index in [1.807, 2.05) is 6.07 Å². The maximum absolute atomic E-state index is 12.5. The lowest BCUT2D eigenvalue weighted by Crippen LogP contribution is -2.39. The molecule has 1 aliphatic heterocycles. The molecular weight excluding hydrogens is 358 g/mol. The number of morpholine rings is 1. The molecule has 1 fully saturated rings. The normalized spacial score (nSPS) is 14.3. The average molecular weight is 383 g/mol. The topological polar surface area (TPSA) is 95.6 Å². The van der Waals surface area contributed by atoms with Gasteiger partial charge in [-0.15, -0.1) is 0 Å². The molecule has 3 rings (SSSR count). The Hall–Kier alpha value is -2.97. The summed E-state index contributed by atoms with van der Waals surface area (Å²) in [5.41, 5.74) is 2.50. The Kier molecular flexibility index (Phi) is 6.94. The number of anilines is 3. The minimum atomic E-state index is -0.288. The van der Waals surface area contributed by atoms with Crippen LogP contribution in [-0.2, 0) is 9.53 Å². The summed E-state index contributed by atoms with van der Waals surface area (Å²) in [6, 6.07) is 10.5. The Morgan fingerprint density at radius 2 is 1.71 bits per heavy atom. The third-order valence-corrected chi connectivity index (χ3v) is 4.32. The van der Waals surface area contributed by atoms with E-state index >= 15 is 0 Å². The van der Waals surface area contributed by atoms with Crippen molar-refractivity contribution in [3.63, 3.8) is 0 Å². The Bertz CT molecular complexity index is 804. The van der Waals surface area contributed by atoms with Crippen LogP contribution in [-0.4, -0.2) is 61.1 Å². The fourth-order valence-electron chi connectivity index (χ4n) is 2.88. The molecule has 148 valence electrons. The molecule has 0 spiro atoms. The lowest BCUT2D eigenvalue weighted by atomic mass is 10.2. The zero-order valence-corrected chi connectivity index (χ0v) is 15.9. The summed E-state index contributed by atoms with van der Waals surface area (Å²) in [5.74, 6) is -0.428. The second-order valence-electron chi connectivity index (χ2n) is 6.52. The summed E-state index contributed by atoms with van der Waals surface area (Å²) >= 11 is 0. The summed E-state index contributed by atoms with van der Waals surface area (Å²) in [5, 5.41) is 8.83. The summed E-state index contributed by atoms with van der Waals surface area (Å²) in [6.07, 6.45) is 1.62. The van der Waals surface area contributed by atoms with Gasteiger partial charge in [-0.05, 0) is 36.4 Å². The van der Waals surface area contributed by atoms with Gasteiger partial charge in [0.15, 0.2) is 0 Å². The quantitative estimate of drug-likeness (QED) is 0.677. The zero-order chi connectivity index (χ0) is 19.8. The van der Waals surface area contributed by atoms with E-state index in [1.54, 1.807) is 36.5 Å². The van der Waals surface area contributed by atoms with Crippen LogP contribution >= 0.6 is 0 Å². The maximum atomic E-state index is 12.5. The number of rotatable bonds is 7. The number of hydrogen-bond acceptors (Lipinski definition) is 6. The number of nitrogens with zero attached hydrogens (tertiary/aromatic N) is 2. The van der Waals surface area contributed by atoms with Crippen LogP contribution in [0.3, 0.4) is 0 Å². The Morgan fingerprint density at radius 1 is 1.04 bits per heavy atom. The number of nitrogens with one attached hydrogen (secondary N) is 3. The minimum Gasteiger partial charge on any atom is -0.384 e. The fourth-order valence-corrected chi connectivity index (χ4v) is 2.88. The molecule has 8 nitrogen and oxygen atoms in total. The lowest BCUT2D eigenvalue weighted by Gasteiger charge is -2.26. The smallest absolute Gasteiger partial charge is 0.274 e. The number of aromatic nitrogens is 1. The van der Waals surface area contributed by atoms with Crippen LogP contribution in [0.5, 0.6) is 0 Å². The van der Waals surface area contributed by atoms with E-state index in [9.17, 15) is 9.59 Å². The molecule has 8 heteroatoms. The molecule has 2 heterocycles. The average Bonchev–Trinajstić information content (AvgIpc) is 2.70. The molecule has 1 aliphatic rings. The number of benzene rings is 1. The highest BCUT2D eigenvalue weighted by molar-refractivity contribution is 6.03. The number of carbonyl (C=O) groups is 2. The van der Waals surface area contributed by atoms with Crippen molar-refractivity contribution in [3.8, 4) is 0 Å². The molecule has 2 aromatic rings.